The molecule has 0 aliphatic heterocycles. The van der Waals surface area contributed by atoms with E-state index in [0.29, 0.717) is 19.8 Å². The third kappa shape index (κ3) is 7.00. The Morgan fingerprint density at radius 2 is 1.75 bits per heavy atom. The summed E-state index contributed by atoms with van der Waals surface area (Å²) in [5.74, 6) is 0.000606. The van der Waals surface area contributed by atoms with Crippen molar-refractivity contribution in [3.8, 4) is 0 Å². The fourth-order valence-corrected chi connectivity index (χ4v) is 2.83. The molecule has 5 nitrogen and oxygen atoms in total. The smallest absolute Gasteiger partial charge is 0.215 e. The Balaban J connectivity index is 2.46. The highest BCUT2D eigenvalue weighted by molar-refractivity contribution is 7.88. The molecule has 6 heteroatoms. The number of hydrogen-bond donors (Lipinski definition) is 2. The van der Waals surface area contributed by atoms with Gasteiger partial charge >= 0.3 is 0 Å². The second kappa shape index (κ2) is 9.07. The fraction of sp³-hybridized carbons (Fsp3) is 0.571. The van der Waals surface area contributed by atoms with Crippen molar-refractivity contribution in [2.24, 2.45) is 0 Å². The van der Waals surface area contributed by atoms with Gasteiger partial charge in [0.15, 0.2) is 0 Å². The normalized spacial score (nSPS) is 11.7. The molecule has 20 heavy (non-hydrogen) atoms. The van der Waals surface area contributed by atoms with E-state index in [1.165, 1.54) is 0 Å². The third-order valence-electron chi connectivity index (χ3n) is 2.73. The zero-order valence-corrected chi connectivity index (χ0v) is 13.0. The molecule has 0 unspecified atom stereocenters. The van der Waals surface area contributed by atoms with E-state index in [2.05, 4.69) is 17.0 Å². The lowest BCUT2D eigenvalue weighted by molar-refractivity contribution is 0.153. The summed E-state index contributed by atoms with van der Waals surface area (Å²) in [4.78, 5) is 0. The monoisotopic (exact) mass is 300 g/mol. The molecule has 1 rings (SSSR count). The van der Waals surface area contributed by atoms with Crippen LogP contribution >= 0.6 is 0 Å². The molecule has 0 saturated heterocycles. The van der Waals surface area contributed by atoms with Gasteiger partial charge < -0.3 is 10.1 Å². The molecule has 0 bridgehead atoms. The zero-order valence-electron chi connectivity index (χ0n) is 12.2. The molecule has 0 spiro atoms. The van der Waals surface area contributed by atoms with E-state index in [0.717, 1.165) is 24.2 Å². The van der Waals surface area contributed by atoms with Crippen LogP contribution in [0.3, 0.4) is 0 Å². The molecule has 0 aromatic heterocycles. The number of sulfonamides is 1. The van der Waals surface area contributed by atoms with Crippen LogP contribution in [0.4, 0.5) is 0 Å². The lowest BCUT2D eigenvalue weighted by Crippen LogP contribution is -2.28. The Kier molecular flexibility index (Phi) is 7.76. The van der Waals surface area contributed by atoms with Crippen molar-refractivity contribution in [3.63, 3.8) is 0 Å². The molecule has 0 aliphatic rings. The highest BCUT2D eigenvalue weighted by Gasteiger charge is 2.10. The molecule has 0 radical (unpaired) electrons. The first-order valence-corrected chi connectivity index (χ1v) is 8.56. The van der Waals surface area contributed by atoms with Crippen molar-refractivity contribution < 1.29 is 13.2 Å². The van der Waals surface area contributed by atoms with Gasteiger partial charge in [0.25, 0.3) is 0 Å². The van der Waals surface area contributed by atoms with Gasteiger partial charge in [-0.15, -0.1) is 0 Å². The second-order valence-electron chi connectivity index (χ2n) is 4.45. The van der Waals surface area contributed by atoms with Gasteiger partial charge in [-0.2, -0.15) is 0 Å². The average molecular weight is 300 g/mol. The van der Waals surface area contributed by atoms with Crippen molar-refractivity contribution in [3.05, 3.63) is 35.4 Å². The molecule has 0 heterocycles. The predicted molar refractivity (Wildman–Crippen MR) is 80.9 cm³/mol. The summed E-state index contributed by atoms with van der Waals surface area (Å²) in [6.07, 6.45) is 0. The minimum absolute atomic E-state index is 0.000606. The number of ether oxygens (including phenoxy) is 1. The number of rotatable bonds is 10. The summed E-state index contributed by atoms with van der Waals surface area (Å²) >= 11 is 0. The van der Waals surface area contributed by atoms with Crippen LogP contribution in [0.2, 0.25) is 0 Å². The minimum atomic E-state index is -3.29. The van der Waals surface area contributed by atoms with Crippen molar-refractivity contribution in [1.82, 2.24) is 10.0 Å². The summed E-state index contributed by atoms with van der Waals surface area (Å²) in [5.41, 5.74) is 1.94. The molecule has 0 fully saturated rings. The summed E-state index contributed by atoms with van der Waals surface area (Å²) in [6, 6.07) is 7.62. The largest absolute Gasteiger partial charge is 0.380 e. The first-order chi connectivity index (χ1) is 9.57. The van der Waals surface area contributed by atoms with Crippen molar-refractivity contribution in [2.75, 3.05) is 26.3 Å². The Hall–Kier alpha value is -0.950. The third-order valence-corrected chi connectivity index (χ3v) is 4.09. The molecular weight excluding hydrogens is 276 g/mol. The average Bonchev–Trinajstić information content (AvgIpc) is 2.42. The maximum Gasteiger partial charge on any atom is 0.215 e. The van der Waals surface area contributed by atoms with Gasteiger partial charge in [-0.05, 0) is 24.6 Å². The number of benzene rings is 1. The van der Waals surface area contributed by atoms with Crippen LogP contribution in [0.5, 0.6) is 0 Å². The Labute approximate surface area is 121 Å². The van der Waals surface area contributed by atoms with Crippen molar-refractivity contribution in [2.45, 2.75) is 26.1 Å². The second-order valence-corrected chi connectivity index (χ2v) is 6.25. The Morgan fingerprint density at radius 1 is 1.10 bits per heavy atom. The van der Waals surface area contributed by atoms with Crippen LogP contribution in [0.1, 0.15) is 25.0 Å². The highest BCUT2D eigenvalue weighted by Crippen LogP contribution is 2.07. The topological polar surface area (TPSA) is 67.4 Å². The molecule has 0 saturated carbocycles. The van der Waals surface area contributed by atoms with E-state index in [-0.39, 0.29) is 5.75 Å². The Morgan fingerprint density at radius 3 is 2.35 bits per heavy atom. The van der Waals surface area contributed by atoms with Crippen LogP contribution in [0.15, 0.2) is 24.3 Å². The molecular formula is C14H24N2O3S. The number of hydrogen-bond acceptors (Lipinski definition) is 4. The van der Waals surface area contributed by atoms with E-state index in [1.54, 1.807) is 0 Å². The van der Waals surface area contributed by atoms with Crippen LogP contribution in [0.25, 0.3) is 0 Å². The molecule has 1 aromatic carbocycles. The van der Waals surface area contributed by atoms with Gasteiger partial charge in [-0.3, -0.25) is 0 Å². The molecule has 2 N–H and O–H groups in total. The van der Waals surface area contributed by atoms with Gasteiger partial charge in [-0.1, -0.05) is 31.2 Å². The SMILES string of the molecule is CCNCc1ccc(CS(=O)(=O)NCCOCC)cc1. The van der Waals surface area contributed by atoms with Crippen LogP contribution in [0, 0.1) is 0 Å². The predicted octanol–water partition coefficient (Wildman–Crippen LogP) is 1.25. The van der Waals surface area contributed by atoms with Crippen molar-refractivity contribution in [1.29, 1.82) is 0 Å². The van der Waals surface area contributed by atoms with Crippen molar-refractivity contribution >= 4 is 10.0 Å². The van der Waals surface area contributed by atoms with Gasteiger partial charge in [0.2, 0.25) is 10.0 Å². The number of nitrogens with one attached hydrogen (secondary N) is 2. The Bertz CT molecular complexity index is 472. The van der Waals surface area contributed by atoms with E-state index in [9.17, 15) is 8.42 Å². The summed E-state index contributed by atoms with van der Waals surface area (Å²) in [5, 5.41) is 3.23. The minimum Gasteiger partial charge on any atom is -0.380 e. The highest BCUT2D eigenvalue weighted by atomic mass is 32.2. The maximum atomic E-state index is 11.8. The summed E-state index contributed by atoms with van der Waals surface area (Å²) < 4.78 is 31.3. The van der Waals surface area contributed by atoms with Gasteiger partial charge in [0.05, 0.1) is 12.4 Å². The lowest BCUT2D eigenvalue weighted by atomic mass is 10.1. The summed E-state index contributed by atoms with van der Waals surface area (Å²) in [7, 11) is -3.29. The first-order valence-electron chi connectivity index (χ1n) is 6.91. The molecule has 0 amide bonds. The van der Waals surface area contributed by atoms with Crippen LogP contribution in [-0.4, -0.2) is 34.7 Å². The van der Waals surface area contributed by atoms with E-state index < -0.39 is 10.0 Å². The van der Waals surface area contributed by atoms with Gasteiger partial charge in [0.1, 0.15) is 0 Å². The van der Waals surface area contributed by atoms with E-state index in [4.69, 9.17) is 4.74 Å². The maximum absolute atomic E-state index is 11.8. The standard InChI is InChI=1S/C14H24N2O3S/c1-3-15-11-13-5-7-14(8-6-13)12-20(17,18)16-9-10-19-4-2/h5-8,15-16H,3-4,9-12H2,1-2H3. The summed E-state index contributed by atoms with van der Waals surface area (Å²) in [6.45, 7) is 6.95. The zero-order chi connectivity index (χ0) is 14.8. The molecule has 0 aliphatic carbocycles. The fourth-order valence-electron chi connectivity index (χ4n) is 1.71. The van der Waals surface area contributed by atoms with Gasteiger partial charge in [0, 0.05) is 19.7 Å². The molecule has 0 atom stereocenters. The van der Waals surface area contributed by atoms with Crippen LogP contribution < -0.4 is 10.0 Å². The first kappa shape index (κ1) is 17.1. The quantitative estimate of drug-likeness (QED) is 0.638. The van der Waals surface area contributed by atoms with E-state index >= 15 is 0 Å². The van der Waals surface area contributed by atoms with Crippen LogP contribution in [-0.2, 0) is 27.1 Å². The molecule has 114 valence electrons. The van der Waals surface area contributed by atoms with Gasteiger partial charge in [-0.25, -0.2) is 13.1 Å². The lowest BCUT2D eigenvalue weighted by Gasteiger charge is -2.08. The van der Waals surface area contributed by atoms with E-state index in [1.807, 2.05) is 31.2 Å². The molecule has 1 aromatic rings.